The molecule has 0 radical (unpaired) electrons. The van der Waals surface area contributed by atoms with Crippen LogP contribution in [-0.4, -0.2) is 50.9 Å². The fourth-order valence-electron chi connectivity index (χ4n) is 5.77. The lowest BCUT2D eigenvalue weighted by Crippen LogP contribution is -2.38. The molecular weight excluding hydrogens is 604 g/mol. The van der Waals surface area contributed by atoms with Crippen molar-refractivity contribution in [3.05, 3.63) is 90.0 Å². The minimum atomic E-state index is -4.27. The van der Waals surface area contributed by atoms with Gasteiger partial charge in [0.05, 0.1) is 17.6 Å². The molecule has 2 aromatic rings. The van der Waals surface area contributed by atoms with E-state index in [9.17, 15) is 23.1 Å². The van der Waals surface area contributed by atoms with Crippen molar-refractivity contribution in [2.45, 2.75) is 102 Å². The molecule has 5 atom stereocenters. The normalized spacial score (nSPS) is 20.2. The van der Waals surface area contributed by atoms with Crippen molar-refractivity contribution in [2.75, 3.05) is 7.11 Å². The van der Waals surface area contributed by atoms with Crippen LogP contribution in [0.25, 0.3) is 0 Å². The first-order valence-electron chi connectivity index (χ1n) is 16.2. The molecule has 0 saturated heterocycles. The number of ether oxygens (including phenoxy) is 2. The zero-order valence-electron chi connectivity index (χ0n) is 27.8. The number of aliphatic hydroxyl groups excluding tert-OH is 1. The molecule has 46 heavy (non-hydrogen) atoms. The summed E-state index contributed by atoms with van der Waals surface area (Å²) in [5.74, 6) is -1.16. The third kappa shape index (κ3) is 11.2. The van der Waals surface area contributed by atoms with Gasteiger partial charge >= 0.3 is 11.9 Å². The van der Waals surface area contributed by atoms with Crippen molar-refractivity contribution in [3.8, 4) is 0 Å². The average Bonchev–Trinajstić information content (AvgIpc) is 3.41. The maximum Gasteiger partial charge on any atom is 0.338 e. The summed E-state index contributed by atoms with van der Waals surface area (Å²) in [6.07, 6.45) is 11.1. The summed E-state index contributed by atoms with van der Waals surface area (Å²) in [4.78, 5) is 25.0. The van der Waals surface area contributed by atoms with Crippen molar-refractivity contribution in [3.63, 3.8) is 0 Å². The fraction of sp³-hybridized carbons (Fsp3) is 0.514. The lowest BCUT2D eigenvalue weighted by molar-refractivity contribution is -0.155. The van der Waals surface area contributed by atoms with E-state index in [4.69, 9.17) is 8.92 Å². The van der Waals surface area contributed by atoms with Crippen molar-refractivity contribution in [1.29, 1.82) is 0 Å². The first-order chi connectivity index (χ1) is 21.9. The number of carbonyl (C=O) groups excluding carboxylic acids is 2. The molecule has 1 aliphatic carbocycles. The molecule has 1 fully saturated rings. The molecule has 252 valence electrons. The number of esters is 2. The second kappa shape index (κ2) is 17.6. The lowest BCUT2D eigenvalue weighted by atomic mass is 9.83. The average molecular weight is 655 g/mol. The zero-order valence-corrected chi connectivity index (χ0v) is 28.6. The molecule has 0 bridgehead atoms. The van der Waals surface area contributed by atoms with Gasteiger partial charge in [-0.2, -0.15) is 8.42 Å². The monoisotopic (exact) mass is 654 g/mol. The largest absolute Gasteiger partial charge is 0.467 e. The van der Waals surface area contributed by atoms with Crippen LogP contribution in [0, 0.1) is 24.2 Å². The van der Waals surface area contributed by atoms with Gasteiger partial charge in [-0.15, -0.1) is 0 Å². The standard InChI is InChI=1S/C37H50O8S/c1-6-7-25-37(3,4)26-13-16-28-21-24-32(44-35(39)29-14-9-8-10-15-29)31(28)17-11-12-18-33(34(38)36(40)43-5)45-46(41,42)30-22-19-27(2)20-23-30/h8-16,19-20,22-23,28,31-34,38H,6-7,17-18,21,24-26H2,1-5H3/t28-,31+,32-,33?,34?/m0/s1. The second-order valence-electron chi connectivity index (χ2n) is 12.9. The number of allylic oxidation sites excluding steroid dienone is 3. The predicted molar refractivity (Wildman–Crippen MR) is 179 cm³/mol. The number of unbranched alkanes of at least 4 members (excludes halogenated alkanes) is 1. The first-order valence-corrected chi connectivity index (χ1v) is 17.6. The number of rotatable bonds is 17. The number of methoxy groups -OCH3 is 1. The summed E-state index contributed by atoms with van der Waals surface area (Å²) in [6, 6.07) is 15.0. The minimum Gasteiger partial charge on any atom is -0.467 e. The molecule has 1 saturated carbocycles. The van der Waals surface area contributed by atoms with E-state index >= 15 is 0 Å². The number of benzene rings is 2. The molecule has 0 heterocycles. The summed E-state index contributed by atoms with van der Waals surface area (Å²) in [6.45, 7) is 8.60. The molecule has 0 spiro atoms. The third-order valence-electron chi connectivity index (χ3n) is 8.64. The van der Waals surface area contributed by atoms with Crippen molar-refractivity contribution in [1.82, 2.24) is 0 Å². The van der Waals surface area contributed by atoms with Gasteiger partial charge in [-0.25, -0.2) is 9.59 Å². The van der Waals surface area contributed by atoms with Crippen molar-refractivity contribution >= 4 is 22.1 Å². The Morgan fingerprint density at radius 1 is 1.02 bits per heavy atom. The molecule has 0 aliphatic heterocycles. The Labute approximate surface area is 275 Å². The first kappa shape index (κ1) is 37.2. The Morgan fingerprint density at radius 2 is 1.72 bits per heavy atom. The SMILES string of the molecule is CCCCC(C)(C)CC=C[C@H]1CC[C@H](OC(=O)c2ccccc2)[C@@H]1CC=CCC(OS(=O)(=O)c1ccc(C)cc1)C(O)C(=O)OC. The maximum atomic E-state index is 13.0. The van der Waals surface area contributed by atoms with Crippen LogP contribution < -0.4 is 0 Å². The third-order valence-corrected chi connectivity index (χ3v) is 9.99. The Morgan fingerprint density at radius 3 is 2.37 bits per heavy atom. The minimum absolute atomic E-state index is 0.0000984. The summed E-state index contributed by atoms with van der Waals surface area (Å²) in [5.41, 5.74) is 1.58. The molecule has 0 aromatic heterocycles. The summed E-state index contributed by atoms with van der Waals surface area (Å²) in [7, 11) is -3.16. The van der Waals surface area contributed by atoms with Crippen molar-refractivity contribution < 1.29 is 36.8 Å². The molecule has 0 amide bonds. The van der Waals surface area contributed by atoms with E-state index in [1.807, 2.05) is 19.1 Å². The summed E-state index contributed by atoms with van der Waals surface area (Å²) >= 11 is 0. The number of aryl methyl sites for hydroxylation is 1. The van der Waals surface area contributed by atoms with Crippen LogP contribution >= 0.6 is 0 Å². The van der Waals surface area contributed by atoms with Gasteiger partial charge in [0.2, 0.25) is 0 Å². The highest BCUT2D eigenvalue weighted by atomic mass is 32.2. The fourth-order valence-corrected chi connectivity index (χ4v) is 6.86. The topological polar surface area (TPSA) is 116 Å². The van der Waals surface area contributed by atoms with Crippen LogP contribution in [0.3, 0.4) is 0 Å². The molecule has 2 unspecified atom stereocenters. The Kier molecular flexibility index (Phi) is 14.2. The Balaban J connectivity index is 1.76. The predicted octanol–water partition coefficient (Wildman–Crippen LogP) is 7.35. The van der Waals surface area contributed by atoms with Crippen LogP contribution in [0.4, 0.5) is 0 Å². The highest BCUT2D eigenvalue weighted by Crippen LogP contribution is 2.39. The molecule has 1 N–H and O–H groups in total. The molecule has 8 nitrogen and oxygen atoms in total. The van der Waals surface area contributed by atoms with Crippen LogP contribution in [0.15, 0.2) is 83.8 Å². The van der Waals surface area contributed by atoms with Gasteiger partial charge in [0.25, 0.3) is 10.1 Å². The number of hydrogen-bond acceptors (Lipinski definition) is 8. The van der Waals surface area contributed by atoms with E-state index in [-0.39, 0.29) is 40.6 Å². The molecular formula is C37H50O8S. The molecule has 3 rings (SSSR count). The van der Waals surface area contributed by atoms with E-state index in [0.717, 1.165) is 38.4 Å². The maximum absolute atomic E-state index is 13.0. The summed E-state index contributed by atoms with van der Waals surface area (Å²) < 4.78 is 42.0. The van der Waals surface area contributed by atoms with Gasteiger partial charge in [-0.05, 0) is 81.0 Å². The highest BCUT2D eigenvalue weighted by Gasteiger charge is 2.37. The zero-order chi connectivity index (χ0) is 33.7. The lowest BCUT2D eigenvalue weighted by Gasteiger charge is -2.24. The van der Waals surface area contributed by atoms with Gasteiger partial charge in [0, 0.05) is 5.92 Å². The number of hydrogen-bond donors (Lipinski definition) is 1. The van der Waals surface area contributed by atoms with Gasteiger partial charge in [-0.1, -0.05) is 93.8 Å². The molecule has 9 heteroatoms. The van der Waals surface area contributed by atoms with Crippen LogP contribution in [0.2, 0.25) is 0 Å². The van der Waals surface area contributed by atoms with Gasteiger partial charge in [0.1, 0.15) is 12.2 Å². The Hall–Kier alpha value is -3.27. The van der Waals surface area contributed by atoms with E-state index in [1.54, 1.807) is 42.5 Å². The van der Waals surface area contributed by atoms with Gasteiger partial charge in [-0.3, -0.25) is 4.18 Å². The quantitative estimate of drug-likeness (QED) is 0.107. The second-order valence-corrected chi connectivity index (χ2v) is 14.5. The Bertz CT molecular complexity index is 1410. The van der Waals surface area contributed by atoms with Gasteiger partial charge in [0.15, 0.2) is 6.10 Å². The van der Waals surface area contributed by atoms with Crippen LogP contribution in [0.1, 0.15) is 88.1 Å². The van der Waals surface area contributed by atoms with E-state index < -0.39 is 28.3 Å². The van der Waals surface area contributed by atoms with Crippen molar-refractivity contribution in [2.24, 2.45) is 17.3 Å². The van der Waals surface area contributed by atoms with E-state index in [2.05, 4.69) is 37.7 Å². The number of aliphatic hydroxyl groups is 1. The molecule has 2 aromatic carbocycles. The van der Waals surface area contributed by atoms with Crippen LogP contribution in [-0.2, 0) is 28.6 Å². The highest BCUT2D eigenvalue weighted by molar-refractivity contribution is 7.86. The summed E-state index contributed by atoms with van der Waals surface area (Å²) in [5, 5.41) is 10.6. The number of carbonyl (C=O) groups is 2. The smallest absolute Gasteiger partial charge is 0.338 e. The van der Waals surface area contributed by atoms with E-state index in [0.29, 0.717) is 12.0 Å². The van der Waals surface area contributed by atoms with Crippen LogP contribution in [0.5, 0.6) is 0 Å². The van der Waals surface area contributed by atoms with E-state index in [1.165, 1.54) is 25.0 Å². The molecule has 1 aliphatic rings. The van der Waals surface area contributed by atoms with Gasteiger partial charge < -0.3 is 14.6 Å².